The van der Waals surface area contributed by atoms with Crippen LogP contribution >= 0.6 is 11.6 Å². The Morgan fingerprint density at radius 1 is 0.971 bits per heavy atom. The van der Waals surface area contributed by atoms with Gasteiger partial charge in [-0.2, -0.15) is 4.98 Å². The number of rotatable bonds is 7. The fourth-order valence-corrected chi connectivity index (χ4v) is 3.85. The van der Waals surface area contributed by atoms with E-state index in [0.29, 0.717) is 23.8 Å². The summed E-state index contributed by atoms with van der Waals surface area (Å²) in [6, 6.07) is 22.3. The Labute approximate surface area is 201 Å². The molecule has 0 saturated heterocycles. The molecule has 1 aromatic heterocycles. The second-order valence-electron chi connectivity index (χ2n) is 7.33. The average Bonchev–Trinajstić information content (AvgIpc) is 3.23. The molecule has 0 fully saturated rings. The highest BCUT2D eigenvalue weighted by atomic mass is 35.5. The molecular formula is C23H21ClN6O3S. The van der Waals surface area contributed by atoms with Crippen molar-refractivity contribution >= 4 is 33.6 Å². The molecule has 0 bridgehead atoms. The smallest absolute Gasteiger partial charge is 0.321 e. The summed E-state index contributed by atoms with van der Waals surface area (Å²) in [5.41, 5.74) is 2.43. The molecule has 0 aliphatic rings. The van der Waals surface area contributed by atoms with Gasteiger partial charge < -0.3 is 5.32 Å². The third-order valence-electron chi connectivity index (χ3n) is 4.89. The van der Waals surface area contributed by atoms with Crippen LogP contribution in [0.4, 0.5) is 10.7 Å². The first-order valence-corrected chi connectivity index (χ1v) is 12.2. The number of sulfonamides is 1. The number of anilines is 1. The molecule has 0 unspecified atom stereocenters. The number of urea groups is 1. The molecular weight excluding hydrogens is 476 g/mol. The second-order valence-corrected chi connectivity index (χ2v) is 9.33. The van der Waals surface area contributed by atoms with E-state index in [2.05, 4.69) is 20.7 Å². The zero-order valence-corrected chi connectivity index (χ0v) is 19.4. The summed E-state index contributed by atoms with van der Waals surface area (Å²) < 4.78 is 24.3. The Hall–Kier alpha value is -3.73. The van der Waals surface area contributed by atoms with E-state index in [4.69, 9.17) is 16.7 Å². The van der Waals surface area contributed by atoms with Crippen molar-refractivity contribution in [2.24, 2.45) is 5.14 Å². The maximum Gasteiger partial charge on any atom is 0.321 e. The van der Waals surface area contributed by atoms with E-state index < -0.39 is 16.1 Å². The standard InChI is InChI=1S/C23H21ClN6O3S/c24-18-8-10-19(11-9-18)30-21(17-4-2-1-3-5-17)27-22(29-30)28-23(31)26-15-14-16-6-12-20(13-7-16)34(25,32)33/h1-13H,14-15H2,(H2,25,32,33)(H2,26,28,29,31). The monoisotopic (exact) mass is 496 g/mol. The summed E-state index contributed by atoms with van der Waals surface area (Å²) in [6.07, 6.45) is 0.500. The van der Waals surface area contributed by atoms with Crippen molar-refractivity contribution in [3.63, 3.8) is 0 Å². The number of aromatic nitrogens is 3. The highest BCUT2D eigenvalue weighted by Crippen LogP contribution is 2.23. The highest BCUT2D eigenvalue weighted by Gasteiger charge is 2.15. The van der Waals surface area contributed by atoms with Gasteiger partial charge in [-0.3, -0.25) is 5.32 Å². The van der Waals surface area contributed by atoms with Gasteiger partial charge in [0.1, 0.15) is 0 Å². The number of nitrogens with zero attached hydrogens (tertiary/aromatic N) is 3. The molecule has 2 amide bonds. The number of carbonyl (C=O) groups excluding carboxylic acids is 1. The third-order valence-corrected chi connectivity index (χ3v) is 6.07. The van der Waals surface area contributed by atoms with Crippen LogP contribution in [0.25, 0.3) is 17.1 Å². The van der Waals surface area contributed by atoms with Gasteiger partial charge in [-0.25, -0.2) is 23.0 Å². The molecule has 0 spiro atoms. The summed E-state index contributed by atoms with van der Waals surface area (Å²) >= 11 is 6.01. The van der Waals surface area contributed by atoms with E-state index in [1.165, 1.54) is 12.1 Å². The van der Waals surface area contributed by atoms with Crippen LogP contribution in [0.5, 0.6) is 0 Å². The van der Waals surface area contributed by atoms with E-state index in [0.717, 1.165) is 16.8 Å². The molecule has 11 heteroatoms. The number of nitrogens with two attached hydrogens (primary N) is 1. The quantitative estimate of drug-likeness (QED) is 0.359. The number of carbonyl (C=O) groups is 1. The van der Waals surface area contributed by atoms with E-state index in [1.807, 2.05) is 42.5 Å². The minimum absolute atomic E-state index is 0.0403. The first kappa shape index (κ1) is 23.4. The fourth-order valence-electron chi connectivity index (χ4n) is 3.21. The predicted octanol–water partition coefficient (Wildman–Crippen LogP) is 3.60. The first-order chi connectivity index (χ1) is 16.3. The zero-order valence-electron chi connectivity index (χ0n) is 17.8. The average molecular weight is 497 g/mol. The molecule has 174 valence electrons. The first-order valence-electron chi connectivity index (χ1n) is 10.2. The summed E-state index contributed by atoms with van der Waals surface area (Å²) in [7, 11) is -3.73. The Morgan fingerprint density at radius 3 is 2.29 bits per heavy atom. The van der Waals surface area contributed by atoms with Crippen LogP contribution in [-0.2, 0) is 16.4 Å². The molecule has 9 nitrogen and oxygen atoms in total. The van der Waals surface area contributed by atoms with Gasteiger partial charge in [0.2, 0.25) is 10.0 Å². The van der Waals surface area contributed by atoms with Crippen LogP contribution in [0.2, 0.25) is 5.02 Å². The maximum absolute atomic E-state index is 12.4. The van der Waals surface area contributed by atoms with Crippen LogP contribution in [0.1, 0.15) is 5.56 Å². The van der Waals surface area contributed by atoms with Crippen molar-refractivity contribution in [2.45, 2.75) is 11.3 Å². The molecule has 0 atom stereocenters. The molecule has 4 rings (SSSR count). The lowest BCUT2D eigenvalue weighted by molar-refractivity contribution is 0.252. The lowest BCUT2D eigenvalue weighted by Gasteiger charge is -2.06. The van der Waals surface area contributed by atoms with Crippen molar-refractivity contribution in [2.75, 3.05) is 11.9 Å². The van der Waals surface area contributed by atoms with E-state index in [9.17, 15) is 13.2 Å². The number of amides is 2. The Balaban J connectivity index is 1.44. The van der Waals surface area contributed by atoms with E-state index in [-0.39, 0.29) is 10.8 Å². The molecule has 0 aliphatic carbocycles. The molecule has 1 heterocycles. The SMILES string of the molecule is NS(=O)(=O)c1ccc(CCNC(=O)Nc2nc(-c3ccccc3)n(-c3ccc(Cl)cc3)n2)cc1. The van der Waals surface area contributed by atoms with Gasteiger partial charge in [0.05, 0.1) is 10.6 Å². The van der Waals surface area contributed by atoms with Crippen LogP contribution in [0.3, 0.4) is 0 Å². The lowest BCUT2D eigenvalue weighted by atomic mass is 10.1. The minimum atomic E-state index is -3.73. The predicted molar refractivity (Wildman–Crippen MR) is 130 cm³/mol. The topological polar surface area (TPSA) is 132 Å². The number of nitrogens with one attached hydrogen (secondary N) is 2. The van der Waals surface area contributed by atoms with Gasteiger partial charge >= 0.3 is 6.03 Å². The third kappa shape index (κ3) is 5.79. The second kappa shape index (κ2) is 10.0. The molecule has 0 radical (unpaired) electrons. The Bertz CT molecular complexity index is 1390. The molecule has 34 heavy (non-hydrogen) atoms. The van der Waals surface area contributed by atoms with Gasteiger partial charge in [0, 0.05) is 17.1 Å². The lowest BCUT2D eigenvalue weighted by Crippen LogP contribution is -2.30. The van der Waals surface area contributed by atoms with Crippen molar-refractivity contribution in [3.05, 3.63) is 89.4 Å². The van der Waals surface area contributed by atoms with E-state index in [1.54, 1.807) is 28.9 Å². The number of hydrogen-bond donors (Lipinski definition) is 3. The summed E-state index contributed by atoms with van der Waals surface area (Å²) in [5.74, 6) is 0.706. The molecule has 3 aromatic carbocycles. The van der Waals surface area contributed by atoms with Gasteiger partial charge in [-0.15, -0.1) is 5.10 Å². The van der Waals surface area contributed by atoms with Gasteiger partial charge in [-0.1, -0.05) is 54.1 Å². The minimum Gasteiger partial charge on any atom is -0.337 e. The van der Waals surface area contributed by atoms with Gasteiger partial charge in [0.15, 0.2) is 5.82 Å². The Morgan fingerprint density at radius 2 is 1.65 bits per heavy atom. The number of halogens is 1. The van der Waals surface area contributed by atoms with E-state index >= 15 is 0 Å². The Kier molecular flexibility index (Phi) is 6.92. The highest BCUT2D eigenvalue weighted by molar-refractivity contribution is 7.89. The van der Waals surface area contributed by atoms with Crippen LogP contribution in [-0.4, -0.2) is 35.8 Å². The number of benzene rings is 3. The maximum atomic E-state index is 12.4. The summed E-state index contributed by atoms with van der Waals surface area (Å²) in [6.45, 7) is 0.323. The summed E-state index contributed by atoms with van der Waals surface area (Å²) in [4.78, 5) is 16.9. The van der Waals surface area contributed by atoms with Gasteiger partial charge in [-0.05, 0) is 48.4 Å². The molecule has 0 saturated carbocycles. The van der Waals surface area contributed by atoms with Crippen molar-refractivity contribution in [1.29, 1.82) is 0 Å². The summed E-state index contributed by atoms with van der Waals surface area (Å²) in [5, 5.41) is 15.5. The van der Waals surface area contributed by atoms with Crippen molar-refractivity contribution in [1.82, 2.24) is 20.1 Å². The molecule has 4 N–H and O–H groups in total. The van der Waals surface area contributed by atoms with Crippen molar-refractivity contribution in [3.8, 4) is 17.1 Å². The fraction of sp³-hybridized carbons (Fsp3) is 0.0870. The van der Waals surface area contributed by atoms with Crippen LogP contribution < -0.4 is 15.8 Å². The number of hydrogen-bond acceptors (Lipinski definition) is 5. The van der Waals surface area contributed by atoms with Crippen molar-refractivity contribution < 1.29 is 13.2 Å². The van der Waals surface area contributed by atoms with Gasteiger partial charge in [0.25, 0.3) is 5.95 Å². The molecule has 0 aliphatic heterocycles. The number of primary sulfonamides is 1. The zero-order chi connectivity index (χ0) is 24.1. The van der Waals surface area contributed by atoms with Crippen LogP contribution in [0, 0.1) is 0 Å². The van der Waals surface area contributed by atoms with Crippen LogP contribution in [0.15, 0.2) is 83.8 Å². The molecule has 4 aromatic rings. The largest absolute Gasteiger partial charge is 0.337 e. The normalized spacial score (nSPS) is 11.2.